The van der Waals surface area contributed by atoms with Crippen molar-refractivity contribution >= 4 is 0 Å². The van der Waals surface area contributed by atoms with E-state index in [0.717, 1.165) is 19.3 Å². The van der Waals surface area contributed by atoms with Crippen LogP contribution >= 0.6 is 0 Å². The van der Waals surface area contributed by atoms with Crippen molar-refractivity contribution in [2.24, 2.45) is 41.4 Å². The molecule has 65 heavy (non-hydrogen) atoms. The van der Waals surface area contributed by atoms with Crippen LogP contribution in [0, 0.1) is 41.4 Å². The second-order valence-electron chi connectivity index (χ2n) is 16.7. The minimum Gasteiger partial charge on any atom is -0.381 e. The van der Waals surface area contributed by atoms with E-state index in [1.54, 1.807) is 0 Å². The predicted octanol–water partition coefficient (Wildman–Crippen LogP) is 6.23. The third-order valence-electron chi connectivity index (χ3n) is 10.4. The lowest BCUT2D eigenvalue weighted by molar-refractivity contribution is -0.176. The van der Waals surface area contributed by atoms with Gasteiger partial charge in [-0.05, 0) is 74.7 Å². The Balaban J connectivity index is 3.05. The topological polar surface area (TPSA) is 148 Å². The van der Waals surface area contributed by atoms with E-state index in [9.17, 15) is 0 Å². The third kappa shape index (κ3) is 36.9. The highest BCUT2D eigenvalue weighted by molar-refractivity contribution is 4.67. The van der Waals surface area contributed by atoms with Gasteiger partial charge < -0.3 is 75.8 Å². The van der Waals surface area contributed by atoms with Crippen LogP contribution in [-0.4, -0.2) is 204 Å². The normalized spacial score (nSPS) is 14.9. The van der Waals surface area contributed by atoms with Gasteiger partial charge in [0.15, 0.2) is 6.29 Å². The van der Waals surface area contributed by atoms with Crippen LogP contribution in [0.15, 0.2) is 0 Å². The molecule has 0 spiro atoms. The van der Waals surface area contributed by atoms with Gasteiger partial charge >= 0.3 is 0 Å². The van der Waals surface area contributed by atoms with E-state index < -0.39 is 0 Å². The van der Waals surface area contributed by atoms with Crippen LogP contribution < -0.4 is 0 Å². The summed E-state index contributed by atoms with van der Waals surface area (Å²) in [5, 5.41) is 0. The van der Waals surface area contributed by atoms with Gasteiger partial charge in [-0.25, -0.2) is 0 Å². The second-order valence-corrected chi connectivity index (χ2v) is 16.7. The molecule has 0 bridgehead atoms. The molecule has 1 aliphatic rings. The summed E-state index contributed by atoms with van der Waals surface area (Å²) in [6.07, 6.45) is 2.80. The van der Waals surface area contributed by atoms with Crippen molar-refractivity contribution in [3.05, 3.63) is 0 Å². The van der Waals surface area contributed by atoms with Crippen molar-refractivity contribution in [2.45, 2.75) is 80.9 Å². The monoisotopic (exact) mass is 943 g/mol. The highest BCUT2D eigenvalue weighted by atomic mass is 16.7. The zero-order chi connectivity index (χ0) is 47.3. The van der Waals surface area contributed by atoms with Gasteiger partial charge in [-0.2, -0.15) is 0 Å². The van der Waals surface area contributed by atoms with E-state index in [-0.39, 0.29) is 47.7 Å². The molecule has 1 rings (SSSR count). The van der Waals surface area contributed by atoms with Gasteiger partial charge in [-0.1, -0.05) is 0 Å². The zero-order valence-corrected chi connectivity index (χ0v) is 42.5. The first-order valence-electron chi connectivity index (χ1n) is 25.3. The molecule has 390 valence electrons. The number of rotatable bonds is 51. The molecule has 0 N–H and O–H groups in total. The summed E-state index contributed by atoms with van der Waals surface area (Å²) in [5.41, 5.74) is 0. The molecule has 1 atom stereocenters. The number of ether oxygens (including phenoxy) is 16. The molecule has 0 aliphatic carbocycles. The van der Waals surface area contributed by atoms with Crippen LogP contribution in [0.3, 0.4) is 0 Å². The first kappa shape index (κ1) is 62.4. The highest BCUT2D eigenvalue weighted by Crippen LogP contribution is 2.17. The Hall–Kier alpha value is -0.640. The van der Waals surface area contributed by atoms with Crippen molar-refractivity contribution in [1.82, 2.24) is 0 Å². The quantitative estimate of drug-likeness (QED) is 0.0678. The fraction of sp³-hybridized carbons (Fsp3) is 1.00. The molecule has 0 amide bonds. The average Bonchev–Trinajstić information content (AvgIpc) is 3.32. The summed E-state index contributed by atoms with van der Waals surface area (Å²) < 4.78 is 96.2. The van der Waals surface area contributed by atoms with Gasteiger partial charge in [0.25, 0.3) is 0 Å². The van der Waals surface area contributed by atoms with Gasteiger partial charge in [-0.3, -0.25) is 0 Å². The standard InChI is InChI=1S/C49H98O16/c1-9-50-21-42(22-51-10-2)29-58-33-46(34-59-30-43(23-52-11-3)24-53-12-4)37-62-39-48(41-65-49-19-17-18-20-64-49)40-63-38-47(35-60-31-44(25-54-13-5)26-55-14-6)36-61-32-45(27-56-15-7)28-57-16-8/h42-49H,9-41H2,1-8H3. The minimum absolute atomic E-state index is 0.0129. The van der Waals surface area contributed by atoms with Crippen LogP contribution in [-0.2, 0) is 75.8 Å². The summed E-state index contributed by atoms with van der Waals surface area (Å²) in [6, 6.07) is 0. The highest BCUT2D eigenvalue weighted by Gasteiger charge is 2.22. The Morgan fingerprint density at radius 1 is 0.277 bits per heavy atom. The van der Waals surface area contributed by atoms with Crippen LogP contribution in [0.25, 0.3) is 0 Å². The lowest BCUT2D eigenvalue weighted by Gasteiger charge is -2.27. The maximum absolute atomic E-state index is 6.48. The summed E-state index contributed by atoms with van der Waals surface area (Å²) in [7, 11) is 0. The van der Waals surface area contributed by atoms with Crippen molar-refractivity contribution in [3.63, 3.8) is 0 Å². The summed E-state index contributed by atoms with van der Waals surface area (Å²) in [6.45, 7) is 32.7. The van der Waals surface area contributed by atoms with E-state index in [0.29, 0.717) is 198 Å². The largest absolute Gasteiger partial charge is 0.381 e. The number of hydrogen-bond donors (Lipinski definition) is 0. The smallest absolute Gasteiger partial charge is 0.157 e. The van der Waals surface area contributed by atoms with Crippen LogP contribution in [0.2, 0.25) is 0 Å². The summed E-state index contributed by atoms with van der Waals surface area (Å²) in [4.78, 5) is 0. The predicted molar refractivity (Wildman–Crippen MR) is 251 cm³/mol. The molecular formula is C49H98O16. The lowest BCUT2D eigenvalue weighted by atomic mass is 10.1. The van der Waals surface area contributed by atoms with Gasteiger partial charge in [0.05, 0.1) is 139 Å². The van der Waals surface area contributed by atoms with Crippen molar-refractivity contribution in [2.75, 3.05) is 198 Å². The van der Waals surface area contributed by atoms with Crippen molar-refractivity contribution in [1.29, 1.82) is 0 Å². The maximum atomic E-state index is 6.48. The lowest BCUT2D eigenvalue weighted by Crippen LogP contribution is -2.32. The van der Waals surface area contributed by atoms with Crippen LogP contribution in [0.4, 0.5) is 0 Å². The SMILES string of the molecule is CCOCC(COCC)COCC(COCC(COCC)COCC)COCC(COCC(COCC(COCC)COCC)COCC(COCC)COCC)COC1CCCCO1. The Kier molecular flexibility index (Phi) is 45.2. The average molecular weight is 943 g/mol. The van der Waals surface area contributed by atoms with Gasteiger partial charge in [0.1, 0.15) is 0 Å². The summed E-state index contributed by atoms with van der Waals surface area (Å²) in [5.74, 6) is 0.477. The fourth-order valence-corrected chi connectivity index (χ4v) is 6.78. The van der Waals surface area contributed by atoms with E-state index in [4.69, 9.17) is 75.8 Å². The van der Waals surface area contributed by atoms with Crippen molar-refractivity contribution < 1.29 is 75.8 Å². The molecule has 16 heteroatoms. The Morgan fingerprint density at radius 2 is 0.477 bits per heavy atom. The molecule has 0 aromatic carbocycles. The first-order chi connectivity index (χ1) is 32.0. The molecule has 0 saturated carbocycles. The fourth-order valence-electron chi connectivity index (χ4n) is 6.78. The minimum atomic E-state index is -0.222. The Morgan fingerprint density at radius 3 is 0.662 bits per heavy atom. The van der Waals surface area contributed by atoms with E-state index in [1.807, 2.05) is 55.4 Å². The van der Waals surface area contributed by atoms with E-state index in [2.05, 4.69) is 0 Å². The van der Waals surface area contributed by atoms with Crippen molar-refractivity contribution in [3.8, 4) is 0 Å². The van der Waals surface area contributed by atoms with Gasteiger partial charge in [-0.15, -0.1) is 0 Å². The first-order valence-corrected chi connectivity index (χ1v) is 25.3. The van der Waals surface area contributed by atoms with Gasteiger partial charge in [0.2, 0.25) is 0 Å². The molecule has 16 nitrogen and oxygen atoms in total. The second kappa shape index (κ2) is 47.1. The molecule has 1 aliphatic heterocycles. The van der Waals surface area contributed by atoms with E-state index >= 15 is 0 Å². The molecule has 1 unspecified atom stereocenters. The molecule has 0 aromatic heterocycles. The van der Waals surface area contributed by atoms with Crippen LogP contribution in [0.1, 0.15) is 74.7 Å². The molecule has 1 saturated heterocycles. The Labute approximate surface area is 395 Å². The molecule has 0 radical (unpaired) electrons. The Bertz CT molecular complexity index is 804. The maximum Gasteiger partial charge on any atom is 0.157 e. The molecular weight excluding hydrogens is 845 g/mol. The summed E-state index contributed by atoms with van der Waals surface area (Å²) >= 11 is 0. The third-order valence-corrected chi connectivity index (χ3v) is 10.4. The number of hydrogen-bond acceptors (Lipinski definition) is 16. The zero-order valence-electron chi connectivity index (χ0n) is 42.5. The van der Waals surface area contributed by atoms with E-state index in [1.165, 1.54) is 0 Å². The molecule has 1 heterocycles. The van der Waals surface area contributed by atoms with Gasteiger partial charge in [0, 0.05) is 101 Å². The molecule has 1 fully saturated rings. The molecule has 0 aromatic rings. The van der Waals surface area contributed by atoms with Crippen LogP contribution in [0.5, 0.6) is 0 Å².